The van der Waals surface area contributed by atoms with Crippen LogP contribution in [0.3, 0.4) is 0 Å². The zero-order chi connectivity index (χ0) is 32.7. The topological polar surface area (TPSA) is 69.7 Å². The van der Waals surface area contributed by atoms with Gasteiger partial charge in [0.2, 0.25) is 0 Å². The van der Waals surface area contributed by atoms with Gasteiger partial charge in [0.25, 0.3) is 0 Å². The number of benzene rings is 4. The largest absolute Gasteiger partial charge is 0.507 e. The van der Waals surface area contributed by atoms with E-state index < -0.39 is 0 Å². The predicted octanol–water partition coefficient (Wildman–Crippen LogP) is 9.39. The van der Waals surface area contributed by atoms with Crippen molar-refractivity contribution in [3.05, 3.63) is 209 Å². The summed E-state index contributed by atoms with van der Waals surface area (Å²) in [5, 5.41) is 11.2. The van der Waals surface area contributed by atoms with Crippen molar-refractivity contribution in [2.45, 2.75) is 0 Å². The fourth-order valence-corrected chi connectivity index (χ4v) is 6.70. The molecule has 0 unspecified atom stereocenters. The molecule has 0 saturated carbocycles. The Bertz CT molecular complexity index is 2440. The van der Waals surface area contributed by atoms with Crippen LogP contribution < -0.4 is 0 Å². The van der Waals surface area contributed by atoms with Gasteiger partial charge in [-0.1, -0.05) is 109 Å². The summed E-state index contributed by atoms with van der Waals surface area (Å²) in [6.45, 7) is 0. The van der Waals surface area contributed by atoms with Gasteiger partial charge in [0.15, 0.2) is 0 Å². The molecule has 5 nitrogen and oxygen atoms in total. The second-order valence-electron chi connectivity index (χ2n) is 12.1. The molecule has 0 aromatic heterocycles. The van der Waals surface area contributed by atoms with E-state index in [-0.39, 0.29) is 5.75 Å². The first-order valence-electron chi connectivity index (χ1n) is 16.2. The maximum atomic E-state index is 11.2. The number of phenolic OH excluding ortho intramolecular Hbond substituents is 1. The van der Waals surface area contributed by atoms with Crippen molar-refractivity contribution in [2.75, 3.05) is 0 Å². The highest BCUT2D eigenvalue weighted by Gasteiger charge is 2.33. The number of para-hydroxylation sites is 1. The van der Waals surface area contributed by atoms with Crippen LogP contribution in [0, 0.1) is 0 Å². The lowest BCUT2D eigenvalue weighted by Gasteiger charge is -2.17. The van der Waals surface area contributed by atoms with Crippen LogP contribution in [0.1, 0.15) is 22.3 Å². The van der Waals surface area contributed by atoms with E-state index in [1.54, 1.807) is 6.07 Å². The van der Waals surface area contributed by atoms with Crippen molar-refractivity contribution >= 4 is 45.1 Å². The molecule has 4 aromatic rings. The van der Waals surface area contributed by atoms with Crippen molar-refractivity contribution in [2.24, 2.45) is 20.0 Å². The first kappa shape index (κ1) is 28.5. The molecular formula is C44H28N4O. The first-order chi connectivity index (χ1) is 24.2. The van der Waals surface area contributed by atoms with Crippen LogP contribution in [-0.4, -0.2) is 28.0 Å². The highest BCUT2D eigenvalue weighted by atomic mass is 16.3. The summed E-state index contributed by atoms with van der Waals surface area (Å²) in [5.41, 5.74) is 13.7. The van der Waals surface area contributed by atoms with E-state index in [0.717, 1.165) is 84.6 Å². The van der Waals surface area contributed by atoms with Crippen molar-refractivity contribution in [3.63, 3.8) is 0 Å². The van der Waals surface area contributed by atoms with E-state index >= 15 is 0 Å². The second-order valence-corrected chi connectivity index (χ2v) is 12.1. The third kappa shape index (κ3) is 5.24. The van der Waals surface area contributed by atoms with Gasteiger partial charge in [-0.15, -0.1) is 0 Å². The van der Waals surface area contributed by atoms with Crippen LogP contribution >= 0.6 is 0 Å². The van der Waals surface area contributed by atoms with Crippen molar-refractivity contribution < 1.29 is 5.11 Å². The summed E-state index contributed by atoms with van der Waals surface area (Å²) in [7, 11) is 0. The molecule has 0 fully saturated rings. The number of aromatic hydroxyl groups is 1. The lowest BCUT2D eigenvalue weighted by Crippen LogP contribution is -2.07. The smallest absolute Gasteiger partial charge is 0.123 e. The first-order valence-corrected chi connectivity index (χ1v) is 16.2. The normalized spacial score (nSPS) is 17.7. The highest BCUT2D eigenvalue weighted by Crippen LogP contribution is 2.46. The number of aliphatic imine (C=N–C) groups is 4. The quantitative estimate of drug-likeness (QED) is 0.240. The highest BCUT2D eigenvalue weighted by molar-refractivity contribution is 6.50. The molecule has 1 N–H and O–H groups in total. The monoisotopic (exact) mass is 628 g/mol. The minimum absolute atomic E-state index is 0.180. The summed E-state index contributed by atoms with van der Waals surface area (Å²) >= 11 is 0. The molecular weight excluding hydrogens is 601 g/mol. The molecule has 0 radical (unpaired) electrons. The van der Waals surface area contributed by atoms with Crippen LogP contribution in [0.4, 0.5) is 0 Å². The zero-order valence-corrected chi connectivity index (χ0v) is 26.3. The van der Waals surface area contributed by atoms with Crippen LogP contribution in [0.25, 0.3) is 22.3 Å². The van der Waals surface area contributed by atoms with Gasteiger partial charge < -0.3 is 5.11 Å². The standard InChI is InChI=1S/C44H28N4O/c49-39-19-11-10-18-36(39)37-26-35-25-33-21-20-31(45-33)24-32-22-23-34(46-32)27-38-40(28-12-4-1-5-13-28)41(29-14-6-2-7-15-29)44(48-38)42(43(37)47-35)30-16-8-3-9-17-30/h1-27,49H. The number of hydrogen-bond acceptors (Lipinski definition) is 5. The third-order valence-electron chi connectivity index (χ3n) is 8.86. The van der Waals surface area contributed by atoms with Crippen molar-refractivity contribution in [1.29, 1.82) is 0 Å². The summed E-state index contributed by atoms with van der Waals surface area (Å²) in [6, 6.07) is 38.5. The average molecular weight is 629 g/mol. The third-order valence-corrected chi connectivity index (χ3v) is 8.86. The maximum absolute atomic E-state index is 11.2. The molecule has 9 rings (SSSR count). The molecule has 0 aliphatic carbocycles. The second kappa shape index (κ2) is 11.8. The summed E-state index contributed by atoms with van der Waals surface area (Å²) in [5.74, 6) is 0.180. The Morgan fingerprint density at radius 3 is 1.57 bits per heavy atom. The predicted molar refractivity (Wildman–Crippen MR) is 201 cm³/mol. The van der Waals surface area contributed by atoms with Crippen molar-refractivity contribution in [3.8, 4) is 5.75 Å². The lowest BCUT2D eigenvalue weighted by molar-refractivity contribution is 0.474. The number of rotatable bonds is 4. The fourth-order valence-electron chi connectivity index (χ4n) is 6.70. The summed E-state index contributed by atoms with van der Waals surface area (Å²) in [6.07, 6.45) is 16.1. The Labute approximate surface area is 284 Å². The molecule has 5 aliphatic heterocycles. The fraction of sp³-hybridized carbons (Fsp3) is 0. The molecule has 8 bridgehead atoms. The van der Waals surface area contributed by atoms with Gasteiger partial charge in [0, 0.05) is 27.9 Å². The van der Waals surface area contributed by atoms with Gasteiger partial charge in [0.05, 0.1) is 45.6 Å². The zero-order valence-electron chi connectivity index (χ0n) is 26.3. The van der Waals surface area contributed by atoms with Crippen LogP contribution in [-0.2, 0) is 0 Å². The lowest BCUT2D eigenvalue weighted by atomic mass is 9.86. The Balaban J connectivity index is 1.43. The van der Waals surface area contributed by atoms with Gasteiger partial charge >= 0.3 is 0 Å². The van der Waals surface area contributed by atoms with E-state index in [9.17, 15) is 5.11 Å². The Hall–Kier alpha value is -6.72. The van der Waals surface area contributed by atoms with Crippen LogP contribution in [0.5, 0.6) is 5.75 Å². The molecule has 5 aliphatic rings. The van der Waals surface area contributed by atoms with E-state index in [1.807, 2.05) is 91.1 Å². The van der Waals surface area contributed by atoms with Gasteiger partial charge in [-0.3, -0.25) is 0 Å². The molecule has 5 heterocycles. The number of nitrogens with zero attached hydrogens (tertiary/aromatic N) is 4. The van der Waals surface area contributed by atoms with Crippen LogP contribution in [0.2, 0.25) is 0 Å². The summed E-state index contributed by atoms with van der Waals surface area (Å²) < 4.78 is 0. The molecule has 0 saturated heterocycles. The van der Waals surface area contributed by atoms with Gasteiger partial charge in [0.1, 0.15) is 5.75 Å². The number of allylic oxidation sites excluding steroid dienone is 12. The number of phenols is 1. The minimum Gasteiger partial charge on any atom is -0.507 e. The molecule has 230 valence electrons. The molecule has 0 amide bonds. The van der Waals surface area contributed by atoms with E-state index in [2.05, 4.69) is 66.7 Å². The maximum Gasteiger partial charge on any atom is 0.123 e. The minimum atomic E-state index is 0.180. The van der Waals surface area contributed by atoms with E-state index in [1.165, 1.54) is 0 Å². The molecule has 0 atom stereocenters. The number of hydrogen-bond donors (Lipinski definition) is 1. The van der Waals surface area contributed by atoms with Crippen LogP contribution in [0.15, 0.2) is 207 Å². The van der Waals surface area contributed by atoms with Crippen molar-refractivity contribution in [1.82, 2.24) is 0 Å². The molecule has 49 heavy (non-hydrogen) atoms. The number of fused-ring (bicyclic) bond motifs is 4. The van der Waals surface area contributed by atoms with Gasteiger partial charge in [-0.2, -0.15) is 0 Å². The van der Waals surface area contributed by atoms with Gasteiger partial charge in [-0.25, -0.2) is 20.0 Å². The summed E-state index contributed by atoms with van der Waals surface area (Å²) in [4.78, 5) is 20.6. The molecule has 4 aromatic carbocycles. The van der Waals surface area contributed by atoms with E-state index in [4.69, 9.17) is 20.0 Å². The average Bonchev–Trinajstić information content (AvgIpc) is 3.94. The van der Waals surface area contributed by atoms with E-state index in [0.29, 0.717) is 5.56 Å². The Morgan fingerprint density at radius 2 is 0.939 bits per heavy atom. The molecule has 5 heteroatoms. The SMILES string of the molecule is Oc1ccccc1C1=CC2=CC3=NC(=CC4=NC(=CC5=NC(=C(c6ccccc6)C1=N2)C(c1ccccc1)=C5c1ccccc1)C=C4)C=C3. The Morgan fingerprint density at radius 1 is 0.408 bits per heavy atom. The van der Waals surface area contributed by atoms with Gasteiger partial charge in [-0.05, 0) is 71.4 Å². The molecule has 0 spiro atoms. The Kier molecular flexibility index (Phi) is 6.87.